The van der Waals surface area contributed by atoms with Crippen molar-refractivity contribution in [3.8, 4) is 0 Å². The van der Waals surface area contributed by atoms with Gasteiger partial charge in [-0.3, -0.25) is 4.79 Å². The molecule has 6 nitrogen and oxygen atoms in total. The Balaban J connectivity index is 2.86. The van der Waals surface area contributed by atoms with Crippen LogP contribution in [0.15, 0.2) is 12.3 Å². The predicted molar refractivity (Wildman–Crippen MR) is 52.8 cm³/mol. The molecular formula is C8H12N2O4S. The highest BCUT2D eigenvalue weighted by Gasteiger charge is 2.13. The van der Waals surface area contributed by atoms with Gasteiger partial charge in [-0.15, -0.1) is 0 Å². The van der Waals surface area contributed by atoms with Crippen LogP contribution in [0.3, 0.4) is 0 Å². The third-order valence-electron chi connectivity index (χ3n) is 1.82. The summed E-state index contributed by atoms with van der Waals surface area (Å²) in [6, 6.07) is 1.48. The van der Waals surface area contributed by atoms with Crippen molar-refractivity contribution >= 4 is 16.0 Å². The smallest absolute Gasteiger partial charge is 0.311 e. The number of methoxy groups -OCH3 is 1. The number of rotatable bonds is 4. The summed E-state index contributed by atoms with van der Waals surface area (Å²) in [6.45, 7) is 1.52. The first kappa shape index (κ1) is 11.7. The lowest BCUT2D eigenvalue weighted by atomic mass is 10.3. The van der Waals surface area contributed by atoms with Crippen molar-refractivity contribution in [2.24, 2.45) is 0 Å². The maximum Gasteiger partial charge on any atom is 0.311 e. The van der Waals surface area contributed by atoms with E-state index >= 15 is 0 Å². The molecule has 0 aromatic carbocycles. The highest BCUT2D eigenvalue weighted by Crippen LogP contribution is 2.02. The molecule has 0 N–H and O–H groups in total. The van der Waals surface area contributed by atoms with Crippen LogP contribution in [0.4, 0.5) is 0 Å². The summed E-state index contributed by atoms with van der Waals surface area (Å²) in [5.41, 5.74) is 0.374. The van der Waals surface area contributed by atoms with Gasteiger partial charge in [0, 0.05) is 6.20 Å². The van der Waals surface area contributed by atoms with Gasteiger partial charge in [0.05, 0.1) is 25.0 Å². The molecule has 0 unspecified atom stereocenters. The van der Waals surface area contributed by atoms with Crippen LogP contribution in [0.1, 0.15) is 12.6 Å². The van der Waals surface area contributed by atoms with Gasteiger partial charge in [0.15, 0.2) is 0 Å². The fourth-order valence-corrected chi connectivity index (χ4v) is 1.68. The van der Waals surface area contributed by atoms with E-state index in [2.05, 4.69) is 9.84 Å². The number of hydrogen-bond donors (Lipinski definition) is 0. The quantitative estimate of drug-likeness (QED) is 0.671. The molecule has 0 radical (unpaired) electrons. The van der Waals surface area contributed by atoms with Crippen LogP contribution in [0.25, 0.3) is 0 Å². The van der Waals surface area contributed by atoms with E-state index in [4.69, 9.17) is 0 Å². The van der Waals surface area contributed by atoms with E-state index in [-0.39, 0.29) is 12.2 Å². The Labute approximate surface area is 87.9 Å². The van der Waals surface area contributed by atoms with Crippen molar-refractivity contribution in [2.45, 2.75) is 13.3 Å². The number of hydrogen-bond acceptors (Lipinski definition) is 5. The fraction of sp³-hybridized carbons (Fsp3) is 0.500. The topological polar surface area (TPSA) is 78.3 Å². The summed E-state index contributed by atoms with van der Waals surface area (Å²) in [5, 5.41) is 3.77. The maximum absolute atomic E-state index is 11.4. The molecule has 84 valence electrons. The third-order valence-corrected chi connectivity index (χ3v) is 3.33. The number of carbonyl (C=O) groups is 1. The Bertz CT molecular complexity index is 449. The molecule has 1 aromatic heterocycles. The van der Waals surface area contributed by atoms with E-state index in [1.807, 2.05) is 0 Å². The van der Waals surface area contributed by atoms with Crippen LogP contribution in [0.2, 0.25) is 0 Å². The minimum Gasteiger partial charge on any atom is -0.469 e. The summed E-state index contributed by atoms with van der Waals surface area (Å²) in [4.78, 5) is 10.9. The molecule has 0 bridgehead atoms. The fourth-order valence-electron chi connectivity index (χ4n) is 0.945. The van der Waals surface area contributed by atoms with E-state index in [0.29, 0.717) is 5.69 Å². The summed E-state index contributed by atoms with van der Waals surface area (Å²) in [6.07, 6.45) is 1.29. The molecule has 0 amide bonds. The van der Waals surface area contributed by atoms with E-state index in [1.165, 1.54) is 26.3 Å². The van der Waals surface area contributed by atoms with Gasteiger partial charge in [-0.2, -0.15) is 9.19 Å². The van der Waals surface area contributed by atoms with Gasteiger partial charge in [-0.05, 0) is 13.0 Å². The van der Waals surface area contributed by atoms with Crippen LogP contribution >= 0.6 is 0 Å². The molecule has 0 aliphatic rings. The first-order valence-corrected chi connectivity index (χ1v) is 5.95. The number of ether oxygens (including phenoxy) is 1. The van der Waals surface area contributed by atoms with Crippen molar-refractivity contribution in [2.75, 3.05) is 12.9 Å². The van der Waals surface area contributed by atoms with Crippen LogP contribution in [0, 0.1) is 0 Å². The van der Waals surface area contributed by atoms with Crippen LogP contribution < -0.4 is 0 Å². The zero-order valence-corrected chi connectivity index (χ0v) is 9.32. The van der Waals surface area contributed by atoms with E-state index < -0.39 is 16.0 Å². The largest absolute Gasteiger partial charge is 0.469 e. The molecule has 1 heterocycles. The Morgan fingerprint density at radius 2 is 2.27 bits per heavy atom. The van der Waals surface area contributed by atoms with Crippen molar-refractivity contribution in [1.29, 1.82) is 0 Å². The van der Waals surface area contributed by atoms with Gasteiger partial charge in [0.25, 0.3) is 10.0 Å². The average Bonchev–Trinajstić information content (AvgIpc) is 2.66. The van der Waals surface area contributed by atoms with Crippen LogP contribution in [0.5, 0.6) is 0 Å². The molecular weight excluding hydrogens is 220 g/mol. The molecule has 0 saturated carbocycles. The number of nitrogens with zero attached hydrogens (tertiary/aromatic N) is 2. The molecule has 0 saturated heterocycles. The molecule has 7 heteroatoms. The van der Waals surface area contributed by atoms with Gasteiger partial charge in [0.2, 0.25) is 0 Å². The number of esters is 1. The zero-order chi connectivity index (χ0) is 11.5. The second kappa shape index (κ2) is 4.43. The lowest BCUT2D eigenvalue weighted by molar-refractivity contribution is -0.139. The van der Waals surface area contributed by atoms with Crippen molar-refractivity contribution in [3.63, 3.8) is 0 Å². The lowest BCUT2D eigenvalue weighted by Gasteiger charge is -1.99. The van der Waals surface area contributed by atoms with E-state index in [0.717, 1.165) is 4.09 Å². The molecule has 0 aliphatic carbocycles. The highest BCUT2D eigenvalue weighted by molar-refractivity contribution is 7.89. The number of aromatic nitrogens is 2. The Hall–Kier alpha value is -1.37. The SMILES string of the molecule is CCS(=O)(=O)n1ccc(CC(=O)OC)n1. The van der Waals surface area contributed by atoms with E-state index in [9.17, 15) is 13.2 Å². The first-order chi connectivity index (χ1) is 6.99. The monoisotopic (exact) mass is 232 g/mol. The second-order valence-electron chi connectivity index (χ2n) is 2.83. The first-order valence-electron chi connectivity index (χ1n) is 4.34. The van der Waals surface area contributed by atoms with Gasteiger partial charge >= 0.3 is 5.97 Å². The number of carbonyl (C=O) groups excluding carboxylic acids is 1. The summed E-state index contributed by atoms with van der Waals surface area (Å²) in [7, 11) is -2.10. The van der Waals surface area contributed by atoms with Crippen molar-refractivity contribution < 1.29 is 17.9 Å². The summed E-state index contributed by atoms with van der Waals surface area (Å²) in [5.74, 6) is -0.485. The minimum absolute atomic E-state index is 0.0251. The minimum atomic E-state index is -3.37. The summed E-state index contributed by atoms with van der Waals surface area (Å²) < 4.78 is 28.0. The lowest BCUT2D eigenvalue weighted by Crippen LogP contribution is -2.16. The highest BCUT2D eigenvalue weighted by atomic mass is 32.2. The zero-order valence-electron chi connectivity index (χ0n) is 8.50. The Morgan fingerprint density at radius 3 is 2.80 bits per heavy atom. The predicted octanol–water partition coefficient (Wildman–Crippen LogP) is -0.204. The van der Waals surface area contributed by atoms with Crippen LogP contribution in [-0.2, 0) is 26.0 Å². The maximum atomic E-state index is 11.4. The van der Waals surface area contributed by atoms with Gasteiger partial charge in [0.1, 0.15) is 0 Å². The Kier molecular flexibility index (Phi) is 3.46. The standard InChI is InChI=1S/C8H12N2O4S/c1-3-15(12,13)10-5-4-7(9-10)6-8(11)14-2/h4-5H,3,6H2,1-2H3. The average molecular weight is 232 g/mol. The normalized spacial score (nSPS) is 11.3. The molecule has 0 spiro atoms. The molecule has 1 aromatic rings. The van der Waals surface area contributed by atoms with Crippen molar-refractivity contribution in [1.82, 2.24) is 9.19 Å². The van der Waals surface area contributed by atoms with Gasteiger partial charge in [-0.1, -0.05) is 0 Å². The Morgan fingerprint density at radius 1 is 1.60 bits per heavy atom. The van der Waals surface area contributed by atoms with Gasteiger partial charge in [-0.25, -0.2) is 8.42 Å². The van der Waals surface area contributed by atoms with Gasteiger partial charge < -0.3 is 4.74 Å². The second-order valence-corrected chi connectivity index (χ2v) is 4.95. The third kappa shape index (κ3) is 2.79. The van der Waals surface area contributed by atoms with Crippen LogP contribution in [-0.4, -0.2) is 36.4 Å². The molecule has 0 atom stereocenters. The van der Waals surface area contributed by atoms with Crippen molar-refractivity contribution in [3.05, 3.63) is 18.0 Å². The molecule has 0 fully saturated rings. The molecule has 1 rings (SSSR count). The molecule has 0 aliphatic heterocycles. The summed E-state index contributed by atoms with van der Waals surface area (Å²) >= 11 is 0. The molecule has 15 heavy (non-hydrogen) atoms. The van der Waals surface area contributed by atoms with E-state index in [1.54, 1.807) is 0 Å².